The van der Waals surface area contributed by atoms with E-state index in [-0.39, 0.29) is 36.7 Å². The number of nitrogens with two attached hydrogens (primary N) is 1. The number of anilines is 1. The minimum Gasteiger partial charge on any atom is -0.507 e. The van der Waals surface area contributed by atoms with Crippen molar-refractivity contribution in [2.24, 2.45) is 29.4 Å². The van der Waals surface area contributed by atoms with E-state index in [1.165, 1.54) is 32.2 Å². The predicted molar refractivity (Wildman–Crippen MR) is 147 cm³/mol. The number of nitrogens with one attached hydrogen (secondary N) is 1. The number of ether oxygens (including phenoxy) is 1. The highest BCUT2D eigenvalue weighted by Crippen LogP contribution is 2.51. The molecular formula is C30H31N3O9. The Morgan fingerprint density at radius 1 is 1.12 bits per heavy atom. The molecule has 2 aromatic rings. The van der Waals surface area contributed by atoms with Crippen LogP contribution in [0.1, 0.15) is 22.3 Å². The number of aliphatic hydroxyl groups is 1. The van der Waals surface area contributed by atoms with Crippen LogP contribution in [0.5, 0.6) is 5.75 Å². The third-order valence-corrected chi connectivity index (χ3v) is 8.68. The molecule has 42 heavy (non-hydrogen) atoms. The number of benzene rings is 2. The van der Waals surface area contributed by atoms with Crippen LogP contribution < -0.4 is 11.1 Å². The molecule has 6 atom stereocenters. The van der Waals surface area contributed by atoms with Crippen molar-refractivity contribution in [1.82, 2.24) is 4.90 Å². The number of carbonyl (C=O) groups excluding carboxylic acids is 6. The lowest BCUT2D eigenvalue weighted by Crippen LogP contribution is -2.74. The predicted octanol–water partition coefficient (Wildman–Crippen LogP) is 0.119. The minimum atomic E-state index is -2.78. The van der Waals surface area contributed by atoms with Gasteiger partial charge in [0.05, 0.1) is 17.5 Å². The van der Waals surface area contributed by atoms with Crippen molar-refractivity contribution in [2.45, 2.75) is 24.5 Å². The first-order valence-corrected chi connectivity index (χ1v) is 13.4. The van der Waals surface area contributed by atoms with E-state index in [9.17, 15) is 39.0 Å². The molecule has 6 unspecified atom stereocenters. The second-order valence-corrected chi connectivity index (χ2v) is 11.3. The molecule has 220 valence electrons. The first kappa shape index (κ1) is 29.2. The maximum Gasteiger partial charge on any atom is 0.250 e. The molecule has 12 nitrogen and oxygen atoms in total. The number of hydrogen-bond acceptors (Lipinski definition) is 10. The van der Waals surface area contributed by atoms with Crippen LogP contribution in [0.15, 0.2) is 36.4 Å². The number of rotatable bonds is 6. The van der Waals surface area contributed by atoms with E-state index in [4.69, 9.17) is 10.5 Å². The van der Waals surface area contributed by atoms with Crippen LogP contribution >= 0.6 is 0 Å². The molecule has 0 bridgehead atoms. The van der Waals surface area contributed by atoms with Gasteiger partial charge < -0.3 is 26.0 Å². The van der Waals surface area contributed by atoms with Gasteiger partial charge in [0, 0.05) is 18.7 Å². The van der Waals surface area contributed by atoms with Gasteiger partial charge in [-0.1, -0.05) is 18.2 Å². The molecule has 3 aliphatic carbocycles. The van der Waals surface area contributed by atoms with Crippen molar-refractivity contribution in [2.75, 3.05) is 33.1 Å². The van der Waals surface area contributed by atoms with Crippen molar-refractivity contribution in [3.8, 4) is 16.9 Å². The number of hydrogen-bond donors (Lipinski definition) is 4. The van der Waals surface area contributed by atoms with Gasteiger partial charge >= 0.3 is 0 Å². The molecule has 2 fully saturated rings. The fraction of sp³-hybridized carbons (Fsp3) is 0.400. The molecule has 0 radical (unpaired) electrons. The number of methoxy groups -OCH3 is 1. The first-order chi connectivity index (χ1) is 19.8. The van der Waals surface area contributed by atoms with Crippen LogP contribution in [0.3, 0.4) is 0 Å². The van der Waals surface area contributed by atoms with Crippen LogP contribution in [0.2, 0.25) is 0 Å². The van der Waals surface area contributed by atoms with E-state index < -0.39 is 64.4 Å². The molecule has 2 amide bonds. The van der Waals surface area contributed by atoms with Crippen LogP contribution in [-0.2, 0) is 35.1 Å². The molecule has 0 aromatic heterocycles. The van der Waals surface area contributed by atoms with Crippen molar-refractivity contribution in [1.29, 1.82) is 0 Å². The summed E-state index contributed by atoms with van der Waals surface area (Å²) in [6.45, 7) is -0.142. The highest BCUT2D eigenvalue weighted by atomic mass is 16.5. The number of nitrogens with zero attached hydrogens (tertiary/aromatic N) is 1. The molecule has 0 spiro atoms. The minimum absolute atomic E-state index is 0.0495. The van der Waals surface area contributed by atoms with Crippen LogP contribution in [0, 0.1) is 23.7 Å². The monoisotopic (exact) mass is 577 g/mol. The highest BCUT2D eigenvalue weighted by molar-refractivity contribution is 6.32. The number of amides is 2. The van der Waals surface area contributed by atoms with E-state index >= 15 is 0 Å². The van der Waals surface area contributed by atoms with E-state index in [0.29, 0.717) is 22.4 Å². The molecule has 12 heteroatoms. The zero-order valence-corrected chi connectivity index (χ0v) is 23.2. The van der Waals surface area contributed by atoms with Gasteiger partial charge in [-0.25, -0.2) is 0 Å². The number of phenolic OH excluding ortho intramolecular Hbond substituents is 1. The summed E-state index contributed by atoms with van der Waals surface area (Å²) in [4.78, 5) is 80.1. The van der Waals surface area contributed by atoms with Crippen LogP contribution in [-0.4, -0.2) is 89.5 Å². The second kappa shape index (κ2) is 10.5. The molecule has 2 aromatic carbocycles. The third-order valence-electron chi connectivity index (χ3n) is 8.68. The third kappa shape index (κ3) is 4.34. The smallest absolute Gasteiger partial charge is 0.250 e. The Balaban J connectivity index is 1.60. The molecule has 0 saturated heterocycles. The summed E-state index contributed by atoms with van der Waals surface area (Å²) in [6.07, 6.45) is 0.0714. The van der Waals surface area contributed by atoms with Crippen molar-refractivity contribution in [3.63, 3.8) is 0 Å². The molecule has 5 N–H and O–H groups in total. The van der Waals surface area contributed by atoms with Crippen molar-refractivity contribution < 1.29 is 43.7 Å². The Bertz CT molecular complexity index is 1550. The summed E-state index contributed by atoms with van der Waals surface area (Å²) < 4.78 is 4.86. The molecule has 0 aliphatic heterocycles. The van der Waals surface area contributed by atoms with Crippen molar-refractivity contribution >= 4 is 40.6 Å². The van der Waals surface area contributed by atoms with E-state index in [1.54, 1.807) is 30.3 Å². The summed E-state index contributed by atoms with van der Waals surface area (Å²) in [6, 6.07) is 8.64. The fourth-order valence-electron chi connectivity index (χ4n) is 6.97. The molecular weight excluding hydrogens is 546 g/mol. The Hall–Kier alpha value is -4.26. The molecule has 0 heterocycles. The number of Topliss-reactive ketones (excluding diaryl/α,β-unsaturated/α-hetero) is 4. The largest absolute Gasteiger partial charge is 0.507 e. The quantitative estimate of drug-likeness (QED) is 0.343. The Morgan fingerprint density at radius 3 is 2.48 bits per heavy atom. The Labute approximate surface area is 240 Å². The van der Waals surface area contributed by atoms with Crippen molar-refractivity contribution in [3.05, 3.63) is 47.5 Å². The fourth-order valence-corrected chi connectivity index (χ4v) is 6.97. The maximum atomic E-state index is 14.0. The van der Waals surface area contributed by atoms with Gasteiger partial charge in [-0.2, -0.15) is 0 Å². The zero-order chi connectivity index (χ0) is 30.7. The summed E-state index contributed by atoms with van der Waals surface area (Å²) >= 11 is 0. The maximum absolute atomic E-state index is 14.0. The average molecular weight is 578 g/mol. The van der Waals surface area contributed by atoms with Gasteiger partial charge in [0.2, 0.25) is 11.8 Å². The molecule has 5 rings (SSSR count). The topological polar surface area (TPSA) is 193 Å². The molecule has 2 saturated carbocycles. The normalized spacial score (nSPS) is 28.6. The number of aromatic hydroxyl groups is 1. The lowest BCUT2D eigenvalue weighted by atomic mass is 9.52. The lowest BCUT2D eigenvalue weighted by Gasteiger charge is -2.52. The van der Waals surface area contributed by atoms with Gasteiger partial charge in [-0.15, -0.1) is 0 Å². The average Bonchev–Trinajstić information content (AvgIpc) is 2.90. The second-order valence-electron chi connectivity index (χ2n) is 11.3. The Morgan fingerprint density at radius 2 is 1.83 bits per heavy atom. The van der Waals surface area contributed by atoms with Crippen LogP contribution in [0.4, 0.5) is 5.69 Å². The van der Waals surface area contributed by atoms with Crippen LogP contribution in [0.25, 0.3) is 11.1 Å². The van der Waals surface area contributed by atoms with E-state index in [0.717, 1.165) is 0 Å². The molecule has 3 aliphatic rings. The van der Waals surface area contributed by atoms with Gasteiger partial charge in [-0.05, 0) is 67.7 Å². The summed E-state index contributed by atoms with van der Waals surface area (Å²) in [7, 11) is 4.46. The van der Waals surface area contributed by atoms with Gasteiger partial charge in [0.1, 0.15) is 12.4 Å². The number of primary amides is 1. The summed E-state index contributed by atoms with van der Waals surface area (Å²) in [5.41, 5.74) is 4.62. The summed E-state index contributed by atoms with van der Waals surface area (Å²) in [5.74, 6) is -11.4. The summed E-state index contributed by atoms with van der Waals surface area (Å²) in [5, 5.41) is 25.2. The van der Waals surface area contributed by atoms with Gasteiger partial charge in [0.25, 0.3) is 0 Å². The number of ketones is 4. The number of likely N-dealkylation sites (N-methyl/N-ethyl adjacent to an activating group) is 1. The Kier molecular flexibility index (Phi) is 7.34. The highest BCUT2D eigenvalue weighted by Gasteiger charge is 2.69. The number of carbonyl (C=O) groups is 6. The zero-order valence-electron chi connectivity index (χ0n) is 23.2. The van der Waals surface area contributed by atoms with E-state index in [2.05, 4.69) is 5.32 Å². The van der Waals surface area contributed by atoms with Gasteiger partial charge in [-0.3, -0.25) is 33.7 Å². The standard InChI is InChI=1S/C30H31N3O9/c1-33(2)24-18-11-14-10-17-16(13-5-4-6-15(9-13)32-20(35)12-42-3)7-8-19(34)22(17)25(36)21(14)27(38)30(18,41)28(39)23(26(24)37)29(31)40/h4-9,14,18,21,23-24,34,41H,10-12H2,1-3H3,(H2,31,40)(H,32,35). The SMILES string of the molecule is COCC(=O)Nc1cccc(-c2ccc(O)c3c2CC2CC4C(N(C)C)C(=O)C(C(N)=O)C(=O)C4(O)C(=O)C2C3=O)c1. The van der Waals surface area contributed by atoms with E-state index in [1.807, 2.05) is 0 Å². The number of phenols is 1. The number of fused-ring (bicyclic) bond motifs is 3. The lowest BCUT2D eigenvalue weighted by molar-refractivity contribution is -0.181. The van der Waals surface area contributed by atoms with Gasteiger partial charge in [0.15, 0.2) is 34.7 Å². The first-order valence-electron chi connectivity index (χ1n) is 13.4.